The molecule has 2 aromatic carbocycles. The van der Waals surface area contributed by atoms with Gasteiger partial charge in [0.1, 0.15) is 5.75 Å². The molecule has 0 fully saturated rings. The summed E-state index contributed by atoms with van der Waals surface area (Å²) in [6.07, 6.45) is 1.55. The number of methoxy groups -OCH3 is 1. The van der Waals surface area contributed by atoms with Gasteiger partial charge in [0.15, 0.2) is 0 Å². The molecule has 4 nitrogen and oxygen atoms in total. The van der Waals surface area contributed by atoms with E-state index in [0.29, 0.717) is 25.3 Å². The third-order valence-corrected chi connectivity index (χ3v) is 4.93. The molecule has 23 heavy (non-hydrogen) atoms. The summed E-state index contributed by atoms with van der Waals surface area (Å²) in [7, 11) is 0.613. The average molecular weight is 331 g/mol. The minimum atomic E-state index is -1.01. The van der Waals surface area contributed by atoms with Gasteiger partial charge in [0.25, 0.3) is 0 Å². The van der Waals surface area contributed by atoms with Gasteiger partial charge in [0, 0.05) is 23.7 Å². The molecule has 0 spiro atoms. The number of ether oxygens (including phenoxy) is 1. The Hall–Kier alpha value is -2.14. The van der Waals surface area contributed by atoms with Gasteiger partial charge in [-0.15, -0.1) is 0 Å². The van der Waals surface area contributed by atoms with E-state index in [0.717, 1.165) is 22.6 Å². The summed E-state index contributed by atoms with van der Waals surface area (Å²) < 4.78 is 17.3. The van der Waals surface area contributed by atoms with Gasteiger partial charge in [0.05, 0.1) is 17.9 Å². The third-order valence-electron chi connectivity index (χ3n) is 3.47. The van der Waals surface area contributed by atoms with E-state index in [-0.39, 0.29) is 0 Å². The van der Waals surface area contributed by atoms with Gasteiger partial charge in [-0.25, -0.2) is 0 Å². The molecule has 0 heterocycles. The van der Waals surface area contributed by atoms with Crippen LogP contribution in [-0.2, 0) is 22.1 Å². The molecule has 0 radical (unpaired) electrons. The molecule has 1 unspecified atom stereocenters. The van der Waals surface area contributed by atoms with Crippen LogP contribution in [0.5, 0.6) is 5.75 Å². The third kappa shape index (κ3) is 5.53. The lowest BCUT2D eigenvalue weighted by Crippen LogP contribution is -2.23. The number of carbonyl (C=O) groups is 1. The van der Waals surface area contributed by atoms with Crippen LogP contribution in [-0.4, -0.2) is 34.9 Å². The quantitative estimate of drug-likeness (QED) is 0.664. The van der Waals surface area contributed by atoms with Crippen molar-refractivity contribution in [1.29, 1.82) is 0 Å². The lowest BCUT2D eigenvalue weighted by molar-refractivity contribution is -0.118. The smallest absolute Gasteiger partial charge is 0.210 e. The van der Waals surface area contributed by atoms with Crippen LogP contribution in [0.2, 0.25) is 0 Å². The molecule has 0 aliphatic rings. The molecule has 0 saturated heterocycles. The first-order valence-electron chi connectivity index (χ1n) is 7.48. The zero-order valence-corrected chi connectivity index (χ0v) is 14.0. The van der Waals surface area contributed by atoms with E-state index in [2.05, 4.69) is 0 Å². The number of hydrogen-bond acceptors (Lipinski definition) is 3. The SMILES string of the molecule is COc1ccc(CN(C=O)CCCS(=O)c2ccccc2)cc1. The van der Waals surface area contributed by atoms with Gasteiger partial charge in [-0.3, -0.25) is 9.00 Å². The monoisotopic (exact) mass is 331 g/mol. The summed E-state index contributed by atoms with van der Waals surface area (Å²) in [5.74, 6) is 1.35. The molecule has 0 saturated carbocycles. The summed E-state index contributed by atoms with van der Waals surface area (Å²) in [5.41, 5.74) is 1.04. The molecule has 5 heteroatoms. The van der Waals surface area contributed by atoms with E-state index in [1.54, 1.807) is 12.0 Å². The fourth-order valence-electron chi connectivity index (χ4n) is 2.22. The van der Waals surface area contributed by atoms with Gasteiger partial charge in [0.2, 0.25) is 6.41 Å². The van der Waals surface area contributed by atoms with Crippen molar-refractivity contribution in [3.05, 3.63) is 60.2 Å². The summed E-state index contributed by atoms with van der Waals surface area (Å²) in [4.78, 5) is 13.7. The van der Waals surface area contributed by atoms with Crippen LogP contribution in [0.25, 0.3) is 0 Å². The summed E-state index contributed by atoms with van der Waals surface area (Å²) in [6.45, 7) is 1.14. The Morgan fingerprint density at radius 3 is 2.39 bits per heavy atom. The number of nitrogens with zero attached hydrogens (tertiary/aromatic N) is 1. The van der Waals surface area contributed by atoms with Gasteiger partial charge >= 0.3 is 0 Å². The molecule has 2 rings (SSSR count). The molecule has 0 aliphatic carbocycles. The van der Waals surface area contributed by atoms with E-state index in [9.17, 15) is 9.00 Å². The van der Waals surface area contributed by atoms with Crippen LogP contribution in [0.3, 0.4) is 0 Å². The molecular formula is C18H21NO3S. The summed E-state index contributed by atoms with van der Waals surface area (Å²) >= 11 is 0. The Morgan fingerprint density at radius 2 is 1.78 bits per heavy atom. The van der Waals surface area contributed by atoms with Crippen LogP contribution < -0.4 is 4.74 Å². The van der Waals surface area contributed by atoms with E-state index in [1.165, 1.54) is 0 Å². The minimum absolute atomic E-state index is 0.547. The van der Waals surface area contributed by atoms with E-state index >= 15 is 0 Å². The summed E-state index contributed by atoms with van der Waals surface area (Å²) in [6, 6.07) is 17.0. The van der Waals surface area contributed by atoms with Crippen molar-refractivity contribution in [3.8, 4) is 5.75 Å². The number of rotatable bonds is 9. The zero-order chi connectivity index (χ0) is 16.5. The zero-order valence-electron chi connectivity index (χ0n) is 13.2. The topological polar surface area (TPSA) is 46.6 Å². The average Bonchev–Trinajstić information content (AvgIpc) is 2.62. The number of benzene rings is 2. The van der Waals surface area contributed by atoms with Crippen molar-refractivity contribution >= 4 is 17.2 Å². The van der Waals surface area contributed by atoms with Gasteiger partial charge in [-0.1, -0.05) is 30.3 Å². The minimum Gasteiger partial charge on any atom is -0.497 e. The molecule has 1 amide bonds. The van der Waals surface area contributed by atoms with Crippen LogP contribution in [0.4, 0.5) is 0 Å². The van der Waals surface area contributed by atoms with Crippen molar-refractivity contribution in [1.82, 2.24) is 4.90 Å². The number of hydrogen-bond donors (Lipinski definition) is 0. The molecule has 122 valence electrons. The lowest BCUT2D eigenvalue weighted by Gasteiger charge is -2.17. The molecule has 1 atom stereocenters. The molecule has 0 aromatic heterocycles. The standard InChI is InChI=1S/C18H21NO3S/c1-22-17-10-8-16(9-11-17)14-19(15-20)12-5-13-23(21)18-6-3-2-4-7-18/h2-4,6-11,15H,5,12-14H2,1H3. The summed E-state index contributed by atoms with van der Waals surface area (Å²) in [5, 5.41) is 0. The Bertz CT molecular complexity index is 628. The first kappa shape index (κ1) is 17.2. The maximum absolute atomic E-state index is 12.1. The van der Waals surface area contributed by atoms with Crippen LogP contribution in [0.15, 0.2) is 59.5 Å². The van der Waals surface area contributed by atoms with Crippen molar-refractivity contribution in [3.63, 3.8) is 0 Å². The van der Waals surface area contributed by atoms with Gasteiger partial charge in [-0.2, -0.15) is 0 Å². The first-order chi connectivity index (χ1) is 11.2. The molecule has 0 aliphatic heterocycles. The largest absolute Gasteiger partial charge is 0.497 e. The Labute approximate surface area is 139 Å². The van der Waals surface area contributed by atoms with Crippen LogP contribution in [0, 0.1) is 0 Å². The molecule has 0 N–H and O–H groups in total. The Balaban J connectivity index is 1.80. The highest BCUT2D eigenvalue weighted by Crippen LogP contribution is 2.13. The highest BCUT2D eigenvalue weighted by molar-refractivity contribution is 7.85. The highest BCUT2D eigenvalue weighted by atomic mass is 32.2. The van der Waals surface area contributed by atoms with E-state index in [1.807, 2.05) is 54.6 Å². The molecule has 2 aromatic rings. The van der Waals surface area contributed by atoms with Gasteiger partial charge in [-0.05, 0) is 36.2 Å². The number of carbonyl (C=O) groups excluding carboxylic acids is 1. The maximum Gasteiger partial charge on any atom is 0.210 e. The van der Waals surface area contributed by atoms with Gasteiger partial charge < -0.3 is 9.64 Å². The van der Waals surface area contributed by atoms with E-state index < -0.39 is 10.8 Å². The maximum atomic E-state index is 12.1. The van der Waals surface area contributed by atoms with Crippen LogP contribution in [0.1, 0.15) is 12.0 Å². The predicted octanol–water partition coefficient (Wildman–Crippen LogP) is 2.85. The lowest BCUT2D eigenvalue weighted by atomic mass is 10.2. The second kappa shape index (κ2) is 9.10. The fourth-order valence-corrected chi connectivity index (χ4v) is 3.31. The fraction of sp³-hybridized carbons (Fsp3) is 0.278. The second-order valence-corrected chi connectivity index (χ2v) is 6.71. The second-order valence-electron chi connectivity index (χ2n) is 5.14. The van der Waals surface area contributed by atoms with Crippen molar-refractivity contribution in [2.75, 3.05) is 19.4 Å². The normalized spacial score (nSPS) is 11.7. The molecular weight excluding hydrogens is 310 g/mol. The number of amides is 1. The van der Waals surface area contributed by atoms with E-state index in [4.69, 9.17) is 4.74 Å². The van der Waals surface area contributed by atoms with Crippen molar-refractivity contribution in [2.24, 2.45) is 0 Å². The predicted molar refractivity (Wildman–Crippen MR) is 91.8 cm³/mol. The van der Waals surface area contributed by atoms with Crippen molar-refractivity contribution in [2.45, 2.75) is 17.9 Å². The highest BCUT2D eigenvalue weighted by Gasteiger charge is 2.07. The first-order valence-corrected chi connectivity index (χ1v) is 8.80. The van der Waals surface area contributed by atoms with Crippen molar-refractivity contribution < 1.29 is 13.7 Å². The Kier molecular flexibility index (Phi) is 6.81. The van der Waals surface area contributed by atoms with Crippen LogP contribution >= 0.6 is 0 Å². The Morgan fingerprint density at radius 1 is 1.09 bits per heavy atom. The molecule has 0 bridgehead atoms.